The number of halogens is 3. The molecule has 1 rings (SSSR count). The van der Waals surface area contributed by atoms with Crippen molar-refractivity contribution in [2.24, 2.45) is 5.73 Å². The van der Waals surface area contributed by atoms with Gasteiger partial charge in [0.1, 0.15) is 6.04 Å². The molecule has 1 aliphatic rings. The monoisotopic (exact) mass is 252 g/mol. The summed E-state index contributed by atoms with van der Waals surface area (Å²) in [5.74, 6) is 0. The topological polar surface area (TPSA) is 29.3 Å². The number of likely N-dealkylation sites (N-methyl/N-ethyl adjacent to an activating group) is 1. The highest BCUT2D eigenvalue weighted by Crippen LogP contribution is 2.30. The van der Waals surface area contributed by atoms with E-state index in [4.69, 9.17) is 5.73 Å². The largest absolute Gasteiger partial charge is 0.405 e. The van der Waals surface area contributed by atoms with E-state index in [2.05, 4.69) is 0 Å². The SMILES string of the molecule is CC(N)C(N(C)C1CCCCCC1)C(F)(F)F. The zero-order valence-corrected chi connectivity index (χ0v) is 10.6. The molecule has 5 heteroatoms. The number of nitrogens with zero attached hydrogens (tertiary/aromatic N) is 1. The van der Waals surface area contributed by atoms with Crippen molar-refractivity contribution < 1.29 is 13.2 Å². The van der Waals surface area contributed by atoms with Gasteiger partial charge in [-0.2, -0.15) is 13.2 Å². The lowest BCUT2D eigenvalue weighted by atomic mass is 10.0. The quantitative estimate of drug-likeness (QED) is 0.782. The second-order valence-corrected chi connectivity index (χ2v) is 5.16. The van der Waals surface area contributed by atoms with Crippen molar-refractivity contribution in [1.29, 1.82) is 0 Å². The predicted molar refractivity (Wildman–Crippen MR) is 62.7 cm³/mol. The summed E-state index contributed by atoms with van der Waals surface area (Å²) in [4.78, 5) is 1.45. The van der Waals surface area contributed by atoms with Gasteiger partial charge >= 0.3 is 6.18 Å². The lowest BCUT2D eigenvalue weighted by Crippen LogP contribution is -2.56. The maximum absolute atomic E-state index is 13.0. The Balaban J connectivity index is 2.72. The number of rotatable bonds is 3. The van der Waals surface area contributed by atoms with Crippen LogP contribution in [0, 0.1) is 0 Å². The summed E-state index contributed by atoms with van der Waals surface area (Å²) in [6.07, 6.45) is 1.80. The van der Waals surface area contributed by atoms with E-state index in [0.717, 1.165) is 38.5 Å². The molecule has 0 saturated heterocycles. The van der Waals surface area contributed by atoms with Gasteiger partial charge in [-0.05, 0) is 26.8 Å². The van der Waals surface area contributed by atoms with E-state index < -0.39 is 18.3 Å². The molecule has 0 aromatic carbocycles. The van der Waals surface area contributed by atoms with Crippen molar-refractivity contribution in [2.75, 3.05) is 7.05 Å². The van der Waals surface area contributed by atoms with E-state index in [9.17, 15) is 13.2 Å². The van der Waals surface area contributed by atoms with Gasteiger partial charge in [-0.25, -0.2) is 0 Å². The van der Waals surface area contributed by atoms with Crippen LogP contribution in [0.1, 0.15) is 45.4 Å². The average molecular weight is 252 g/mol. The fourth-order valence-corrected chi connectivity index (χ4v) is 2.79. The van der Waals surface area contributed by atoms with Gasteiger partial charge in [0, 0.05) is 12.1 Å². The molecule has 1 saturated carbocycles. The van der Waals surface area contributed by atoms with Gasteiger partial charge in [0.05, 0.1) is 0 Å². The Hall–Kier alpha value is -0.290. The van der Waals surface area contributed by atoms with Gasteiger partial charge in [0.15, 0.2) is 0 Å². The second kappa shape index (κ2) is 6.05. The van der Waals surface area contributed by atoms with Gasteiger partial charge in [0.2, 0.25) is 0 Å². The molecule has 2 unspecified atom stereocenters. The molecule has 0 spiro atoms. The van der Waals surface area contributed by atoms with Crippen LogP contribution in [0.2, 0.25) is 0 Å². The first kappa shape index (κ1) is 14.8. The minimum Gasteiger partial charge on any atom is -0.326 e. The molecule has 0 aromatic rings. The first-order chi connectivity index (χ1) is 7.84. The fourth-order valence-electron chi connectivity index (χ4n) is 2.79. The summed E-state index contributed by atoms with van der Waals surface area (Å²) < 4.78 is 38.9. The number of hydrogen-bond donors (Lipinski definition) is 1. The Morgan fingerprint density at radius 2 is 1.59 bits per heavy atom. The Bertz CT molecular complexity index is 220. The number of nitrogens with two attached hydrogens (primary N) is 1. The van der Waals surface area contributed by atoms with E-state index in [1.165, 1.54) is 11.8 Å². The molecule has 0 bridgehead atoms. The third-order valence-electron chi connectivity index (χ3n) is 3.67. The molecular formula is C12H23F3N2. The Kier molecular flexibility index (Phi) is 5.25. The fraction of sp³-hybridized carbons (Fsp3) is 1.00. The molecule has 2 atom stereocenters. The van der Waals surface area contributed by atoms with Crippen molar-refractivity contribution in [3.8, 4) is 0 Å². The van der Waals surface area contributed by atoms with Crippen LogP contribution in [0.15, 0.2) is 0 Å². The summed E-state index contributed by atoms with van der Waals surface area (Å²) in [5.41, 5.74) is 5.51. The van der Waals surface area contributed by atoms with Gasteiger partial charge in [-0.3, -0.25) is 4.90 Å². The number of alkyl halides is 3. The smallest absolute Gasteiger partial charge is 0.326 e. The van der Waals surface area contributed by atoms with Crippen molar-refractivity contribution >= 4 is 0 Å². The van der Waals surface area contributed by atoms with Crippen molar-refractivity contribution in [2.45, 2.75) is 69.8 Å². The number of hydrogen-bond acceptors (Lipinski definition) is 2. The van der Waals surface area contributed by atoms with Crippen LogP contribution >= 0.6 is 0 Å². The first-order valence-electron chi connectivity index (χ1n) is 6.38. The molecule has 2 N–H and O–H groups in total. The predicted octanol–water partition coefficient (Wildman–Crippen LogP) is 2.92. The molecule has 1 aliphatic carbocycles. The van der Waals surface area contributed by atoms with E-state index in [0.29, 0.717) is 0 Å². The van der Waals surface area contributed by atoms with Crippen molar-refractivity contribution in [3.05, 3.63) is 0 Å². The normalized spacial score (nSPS) is 23.5. The van der Waals surface area contributed by atoms with Gasteiger partial charge in [-0.1, -0.05) is 25.7 Å². The summed E-state index contributed by atoms with van der Waals surface area (Å²) in [5, 5.41) is 0. The zero-order valence-electron chi connectivity index (χ0n) is 10.6. The summed E-state index contributed by atoms with van der Waals surface area (Å²) in [6, 6.07) is -2.39. The Morgan fingerprint density at radius 3 is 1.94 bits per heavy atom. The van der Waals surface area contributed by atoms with Crippen molar-refractivity contribution in [1.82, 2.24) is 4.90 Å². The van der Waals surface area contributed by atoms with E-state index >= 15 is 0 Å². The maximum atomic E-state index is 13.0. The second-order valence-electron chi connectivity index (χ2n) is 5.16. The summed E-state index contributed by atoms with van der Waals surface area (Å²) in [7, 11) is 1.57. The summed E-state index contributed by atoms with van der Waals surface area (Å²) >= 11 is 0. The molecule has 0 radical (unpaired) electrons. The Labute approximate surface area is 101 Å². The summed E-state index contributed by atoms with van der Waals surface area (Å²) in [6.45, 7) is 1.44. The highest BCUT2D eigenvalue weighted by Gasteiger charge is 2.46. The van der Waals surface area contributed by atoms with Crippen LogP contribution in [-0.2, 0) is 0 Å². The van der Waals surface area contributed by atoms with Crippen LogP contribution in [0.3, 0.4) is 0 Å². The van der Waals surface area contributed by atoms with Crippen LogP contribution in [-0.4, -0.2) is 36.2 Å². The third-order valence-corrected chi connectivity index (χ3v) is 3.67. The van der Waals surface area contributed by atoms with Gasteiger partial charge in [0.25, 0.3) is 0 Å². The molecule has 0 aliphatic heterocycles. The molecule has 0 heterocycles. The molecule has 0 amide bonds. The van der Waals surface area contributed by atoms with Crippen LogP contribution in [0.25, 0.3) is 0 Å². The lowest BCUT2D eigenvalue weighted by molar-refractivity contribution is -0.190. The highest BCUT2D eigenvalue weighted by atomic mass is 19.4. The highest BCUT2D eigenvalue weighted by molar-refractivity contribution is 4.88. The maximum Gasteiger partial charge on any atom is 0.405 e. The minimum absolute atomic E-state index is 0.0233. The third kappa shape index (κ3) is 4.14. The first-order valence-corrected chi connectivity index (χ1v) is 6.38. The van der Waals surface area contributed by atoms with Crippen LogP contribution < -0.4 is 5.73 Å². The molecule has 0 aromatic heterocycles. The lowest BCUT2D eigenvalue weighted by Gasteiger charge is -2.37. The molecule has 1 fully saturated rings. The minimum atomic E-state index is -4.24. The zero-order chi connectivity index (χ0) is 13.1. The van der Waals surface area contributed by atoms with Crippen LogP contribution in [0.5, 0.6) is 0 Å². The molecule has 2 nitrogen and oxygen atoms in total. The molecule has 17 heavy (non-hydrogen) atoms. The van der Waals surface area contributed by atoms with Gasteiger partial charge < -0.3 is 5.73 Å². The van der Waals surface area contributed by atoms with Gasteiger partial charge in [-0.15, -0.1) is 0 Å². The van der Waals surface area contributed by atoms with E-state index in [1.54, 1.807) is 7.05 Å². The van der Waals surface area contributed by atoms with E-state index in [-0.39, 0.29) is 6.04 Å². The Morgan fingerprint density at radius 1 is 1.12 bits per heavy atom. The van der Waals surface area contributed by atoms with Crippen molar-refractivity contribution in [3.63, 3.8) is 0 Å². The average Bonchev–Trinajstić information content (AvgIpc) is 2.42. The molecular weight excluding hydrogens is 229 g/mol. The van der Waals surface area contributed by atoms with E-state index in [1.807, 2.05) is 0 Å². The molecule has 102 valence electrons. The standard InChI is InChI=1S/C12H23F3N2/c1-9(16)11(12(13,14)15)17(2)10-7-5-3-4-6-8-10/h9-11H,3-8,16H2,1-2H3. The van der Waals surface area contributed by atoms with Crippen LogP contribution in [0.4, 0.5) is 13.2 Å².